The van der Waals surface area contributed by atoms with E-state index in [2.05, 4.69) is 37.4 Å². The van der Waals surface area contributed by atoms with Gasteiger partial charge in [-0.2, -0.15) is 0 Å². The fraction of sp³-hybridized carbons (Fsp3) is 0.316. The van der Waals surface area contributed by atoms with Crippen molar-refractivity contribution in [3.8, 4) is 11.5 Å². The van der Waals surface area contributed by atoms with Gasteiger partial charge in [0.05, 0.1) is 5.25 Å². The fourth-order valence-corrected chi connectivity index (χ4v) is 3.54. The predicted molar refractivity (Wildman–Crippen MR) is 95.6 cm³/mol. The first kappa shape index (κ1) is 16.7. The molecule has 1 aliphatic heterocycles. The van der Waals surface area contributed by atoms with Crippen molar-refractivity contribution in [2.75, 3.05) is 6.79 Å². The molecule has 1 aliphatic rings. The van der Waals surface area contributed by atoms with Gasteiger partial charge in [0, 0.05) is 11.4 Å². The number of amides is 1. The van der Waals surface area contributed by atoms with Crippen LogP contribution < -0.4 is 14.8 Å². The molecule has 0 unspecified atom stereocenters. The highest BCUT2D eigenvalue weighted by atomic mass is 32.2. The van der Waals surface area contributed by atoms with Gasteiger partial charge in [0.1, 0.15) is 0 Å². The van der Waals surface area contributed by atoms with Gasteiger partial charge in [0.2, 0.25) is 12.7 Å². The average molecular weight is 343 g/mol. The van der Waals surface area contributed by atoms with Crippen molar-refractivity contribution < 1.29 is 14.3 Å². The molecule has 0 aromatic heterocycles. The van der Waals surface area contributed by atoms with Crippen LogP contribution in [0.5, 0.6) is 11.5 Å². The normalized spacial score (nSPS) is 13.6. The van der Waals surface area contributed by atoms with Crippen LogP contribution in [0.4, 0.5) is 0 Å². The summed E-state index contributed by atoms with van der Waals surface area (Å²) >= 11 is 1.59. The SMILES string of the molecule is Cc1ccc(C)c(S[C@@H](C)C(=O)NCc2ccc3c(c2)OCO3)c1. The minimum atomic E-state index is -0.153. The van der Waals surface area contributed by atoms with Gasteiger partial charge in [-0.05, 0) is 50.1 Å². The molecular weight excluding hydrogens is 322 g/mol. The van der Waals surface area contributed by atoms with Gasteiger partial charge in [-0.15, -0.1) is 11.8 Å². The zero-order chi connectivity index (χ0) is 17.1. The molecule has 126 valence electrons. The Balaban J connectivity index is 1.57. The van der Waals surface area contributed by atoms with Crippen LogP contribution >= 0.6 is 11.8 Å². The molecule has 5 heteroatoms. The topological polar surface area (TPSA) is 47.6 Å². The summed E-state index contributed by atoms with van der Waals surface area (Å²) in [5, 5.41) is 2.83. The molecule has 3 rings (SSSR count). The Kier molecular flexibility index (Phi) is 5.00. The van der Waals surface area contributed by atoms with Crippen LogP contribution in [0.1, 0.15) is 23.6 Å². The molecule has 2 aromatic rings. The number of nitrogens with one attached hydrogen (secondary N) is 1. The highest BCUT2D eigenvalue weighted by Gasteiger charge is 2.17. The molecule has 0 aliphatic carbocycles. The van der Waals surface area contributed by atoms with Crippen LogP contribution in [-0.4, -0.2) is 18.0 Å². The van der Waals surface area contributed by atoms with E-state index in [-0.39, 0.29) is 18.0 Å². The number of hydrogen-bond acceptors (Lipinski definition) is 4. The Labute approximate surface area is 146 Å². The summed E-state index contributed by atoms with van der Waals surface area (Å²) in [5.74, 6) is 1.52. The van der Waals surface area contributed by atoms with Crippen molar-refractivity contribution in [3.05, 3.63) is 53.1 Å². The lowest BCUT2D eigenvalue weighted by Crippen LogP contribution is -2.30. The van der Waals surface area contributed by atoms with Crippen molar-refractivity contribution in [1.29, 1.82) is 0 Å². The molecular formula is C19H21NO3S. The number of fused-ring (bicyclic) bond motifs is 1. The fourth-order valence-electron chi connectivity index (χ4n) is 2.46. The quantitative estimate of drug-likeness (QED) is 0.838. The zero-order valence-corrected chi connectivity index (χ0v) is 14.9. The summed E-state index contributed by atoms with van der Waals surface area (Å²) in [6.45, 7) is 6.80. The largest absolute Gasteiger partial charge is 0.454 e. The molecule has 2 aromatic carbocycles. The van der Waals surface area contributed by atoms with E-state index in [9.17, 15) is 4.79 Å². The van der Waals surface area contributed by atoms with Crippen LogP contribution in [0.15, 0.2) is 41.3 Å². The number of ether oxygens (including phenoxy) is 2. The summed E-state index contributed by atoms with van der Waals surface area (Å²) in [6.07, 6.45) is 0. The Morgan fingerprint density at radius 2 is 1.96 bits per heavy atom. The smallest absolute Gasteiger partial charge is 0.233 e. The number of carbonyl (C=O) groups excluding carboxylic acids is 1. The van der Waals surface area contributed by atoms with Gasteiger partial charge in [-0.1, -0.05) is 23.8 Å². The van der Waals surface area contributed by atoms with E-state index in [4.69, 9.17) is 9.47 Å². The van der Waals surface area contributed by atoms with Crippen molar-refractivity contribution >= 4 is 17.7 Å². The van der Waals surface area contributed by atoms with Crippen molar-refractivity contribution in [3.63, 3.8) is 0 Å². The summed E-state index contributed by atoms with van der Waals surface area (Å²) in [6, 6.07) is 12.0. The monoisotopic (exact) mass is 343 g/mol. The Morgan fingerprint density at radius 3 is 2.79 bits per heavy atom. The minimum Gasteiger partial charge on any atom is -0.454 e. The van der Waals surface area contributed by atoms with Crippen molar-refractivity contribution in [1.82, 2.24) is 5.32 Å². The predicted octanol–water partition coefficient (Wildman–Crippen LogP) is 3.83. The lowest BCUT2D eigenvalue weighted by atomic mass is 10.2. The molecule has 1 N–H and O–H groups in total. The Morgan fingerprint density at radius 1 is 1.17 bits per heavy atom. The third-order valence-corrected chi connectivity index (χ3v) is 5.18. The molecule has 1 heterocycles. The van der Waals surface area contributed by atoms with Gasteiger partial charge in [0.25, 0.3) is 0 Å². The molecule has 1 atom stereocenters. The highest BCUT2D eigenvalue weighted by Crippen LogP contribution is 2.32. The molecule has 1 amide bonds. The number of hydrogen-bond donors (Lipinski definition) is 1. The second-order valence-corrected chi connectivity index (χ2v) is 7.32. The molecule has 24 heavy (non-hydrogen) atoms. The molecule has 0 saturated carbocycles. The van der Waals surface area contributed by atoms with Gasteiger partial charge >= 0.3 is 0 Å². The maximum absolute atomic E-state index is 12.4. The summed E-state index contributed by atoms with van der Waals surface area (Å²) in [7, 11) is 0. The standard InChI is InChI=1S/C19H21NO3S/c1-12-4-5-13(2)18(8-12)24-14(3)19(21)20-10-15-6-7-16-17(9-15)23-11-22-16/h4-9,14H,10-11H2,1-3H3,(H,20,21)/t14-/m0/s1. The maximum atomic E-state index is 12.4. The zero-order valence-electron chi connectivity index (χ0n) is 14.1. The van der Waals surface area contributed by atoms with Gasteiger partial charge in [0.15, 0.2) is 11.5 Å². The number of rotatable bonds is 5. The van der Waals surface area contributed by atoms with Gasteiger partial charge in [-0.3, -0.25) is 4.79 Å². The van der Waals surface area contributed by atoms with E-state index in [1.54, 1.807) is 11.8 Å². The second kappa shape index (κ2) is 7.18. The van der Waals surface area contributed by atoms with Gasteiger partial charge < -0.3 is 14.8 Å². The Bertz CT molecular complexity index is 760. The number of thioether (sulfide) groups is 1. The number of benzene rings is 2. The van der Waals surface area contributed by atoms with Crippen LogP contribution in [0.25, 0.3) is 0 Å². The van der Waals surface area contributed by atoms with Crippen molar-refractivity contribution in [2.24, 2.45) is 0 Å². The van der Waals surface area contributed by atoms with E-state index >= 15 is 0 Å². The number of aryl methyl sites for hydroxylation is 2. The summed E-state index contributed by atoms with van der Waals surface area (Å²) in [5.41, 5.74) is 3.40. The molecule has 4 nitrogen and oxygen atoms in total. The van der Waals surface area contributed by atoms with Crippen LogP contribution in [0.3, 0.4) is 0 Å². The lowest BCUT2D eigenvalue weighted by molar-refractivity contribution is -0.120. The average Bonchev–Trinajstić information content (AvgIpc) is 3.03. The molecule has 0 fully saturated rings. The van der Waals surface area contributed by atoms with E-state index < -0.39 is 0 Å². The van der Waals surface area contributed by atoms with E-state index in [0.717, 1.165) is 22.0 Å². The van der Waals surface area contributed by atoms with Crippen LogP contribution in [0, 0.1) is 13.8 Å². The third kappa shape index (κ3) is 3.85. The van der Waals surface area contributed by atoms with Crippen LogP contribution in [0.2, 0.25) is 0 Å². The molecule has 0 bridgehead atoms. The van der Waals surface area contributed by atoms with Crippen LogP contribution in [-0.2, 0) is 11.3 Å². The lowest BCUT2D eigenvalue weighted by Gasteiger charge is -2.14. The van der Waals surface area contributed by atoms with Gasteiger partial charge in [-0.25, -0.2) is 0 Å². The van der Waals surface area contributed by atoms with E-state index in [1.165, 1.54) is 11.1 Å². The minimum absolute atomic E-state index is 0.0265. The first-order valence-electron chi connectivity index (χ1n) is 7.93. The maximum Gasteiger partial charge on any atom is 0.233 e. The summed E-state index contributed by atoms with van der Waals surface area (Å²) in [4.78, 5) is 13.5. The molecule has 0 saturated heterocycles. The highest BCUT2D eigenvalue weighted by molar-refractivity contribution is 8.00. The molecule has 0 radical (unpaired) electrons. The first-order chi connectivity index (χ1) is 11.5. The second-order valence-electron chi connectivity index (χ2n) is 5.93. The Hall–Kier alpha value is -2.14. The molecule has 0 spiro atoms. The van der Waals surface area contributed by atoms with Crippen molar-refractivity contribution in [2.45, 2.75) is 37.5 Å². The third-order valence-electron chi connectivity index (χ3n) is 3.92. The van der Waals surface area contributed by atoms with E-state index in [1.807, 2.05) is 25.1 Å². The first-order valence-corrected chi connectivity index (χ1v) is 8.81. The number of carbonyl (C=O) groups is 1. The van der Waals surface area contributed by atoms with E-state index in [0.29, 0.717) is 6.54 Å². The summed E-state index contributed by atoms with van der Waals surface area (Å²) < 4.78 is 10.6.